The Morgan fingerprint density at radius 3 is 2.68 bits per heavy atom. The van der Waals surface area contributed by atoms with Crippen LogP contribution in [0.25, 0.3) is 11.0 Å². The van der Waals surface area contributed by atoms with Crippen molar-refractivity contribution >= 4 is 28.5 Å². The number of nitrogens with zero attached hydrogens (tertiary/aromatic N) is 3. The molecule has 2 aromatic heterocycles. The largest absolute Gasteiger partial charge is 0.341 e. The summed E-state index contributed by atoms with van der Waals surface area (Å²) < 4.78 is 3.94. The number of hydrogen-bond acceptors (Lipinski definition) is 5. The van der Waals surface area contributed by atoms with E-state index in [4.69, 9.17) is 0 Å². The van der Waals surface area contributed by atoms with Gasteiger partial charge in [0.25, 0.3) is 5.91 Å². The van der Waals surface area contributed by atoms with Crippen LogP contribution in [0.5, 0.6) is 0 Å². The molecular formula is C18H23N5OS. The first-order valence-electron chi connectivity index (χ1n) is 8.46. The van der Waals surface area contributed by atoms with Gasteiger partial charge in [0.15, 0.2) is 0 Å². The van der Waals surface area contributed by atoms with E-state index in [-0.39, 0.29) is 23.8 Å². The van der Waals surface area contributed by atoms with Gasteiger partial charge in [-0.1, -0.05) is 38.2 Å². The first kappa shape index (κ1) is 17.5. The molecule has 3 aromatic rings. The number of amides is 1. The number of benzene rings is 1. The summed E-state index contributed by atoms with van der Waals surface area (Å²) in [5.74, 6) is 0.974. The fourth-order valence-electron chi connectivity index (χ4n) is 2.78. The number of hydrogen-bond donors (Lipinski definition) is 2. The predicted molar refractivity (Wildman–Crippen MR) is 99.9 cm³/mol. The van der Waals surface area contributed by atoms with E-state index < -0.39 is 0 Å². The van der Waals surface area contributed by atoms with Crippen LogP contribution in [0.3, 0.4) is 0 Å². The van der Waals surface area contributed by atoms with Crippen LogP contribution in [-0.2, 0) is 0 Å². The van der Waals surface area contributed by atoms with Crippen molar-refractivity contribution in [2.45, 2.75) is 46.6 Å². The molecule has 2 N–H and O–H groups in total. The molecule has 0 fully saturated rings. The van der Waals surface area contributed by atoms with Gasteiger partial charge < -0.3 is 10.3 Å². The number of aromatic nitrogens is 4. The molecule has 132 valence electrons. The monoisotopic (exact) mass is 357 g/mol. The molecule has 1 aromatic carbocycles. The van der Waals surface area contributed by atoms with E-state index >= 15 is 0 Å². The SMILES string of the molecule is Cc1ccc2nc([C@H](NC(=O)c3snnc3C(C)C)C(C)C)[nH]c2c1. The van der Waals surface area contributed by atoms with E-state index in [9.17, 15) is 4.79 Å². The van der Waals surface area contributed by atoms with Crippen molar-refractivity contribution in [3.63, 3.8) is 0 Å². The minimum atomic E-state index is -0.206. The van der Waals surface area contributed by atoms with Crippen molar-refractivity contribution in [3.05, 3.63) is 40.2 Å². The van der Waals surface area contributed by atoms with Gasteiger partial charge in [-0.25, -0.2) is 4.98 Å². The molecule has 25 heavy (non-hydrogen) atoms. The summed E-state index contributed by atoms with van der Waals surface area (Å²) in [6.07, 6.45) is 0. The highest BCUT2D eigenvalue weighted by molar-refractivity contribution is 7.08. The Kier molecular flexibility index (Phi) is 4.85. The number of aromatic amines is 1. The highest BCUT2D eigenvalue weighted by atomic mass is 32.1. The van der Waals surface area contributed by atoms with Gasteiger partial charge in [-0.2, -0.15) is 0 Å². The molecule has 3 rings (SSSR count). The Labute approximate surface area is 151 Å². The second-order valence-electron chi connectivity index (χ2n) is 6.98. The third-order valence-corrected chi connectivity index (χ3v) is 4.91. The number of rotatable bonds is 5. The van der Waals surface area contributed by atoms with E-state index in [1.807, 2.05) is 32.9 Å². The van der Waals surface area contributed by atoms with Gasteiger partial charge in [-0.15, -0.1) is 5.10 Å². The second kappa shape index (κ2) is 6.92. The lowest BCUT2D eigenvalue weighted by Crippen LogP contribution is -2.32. The number of imidazole rings is 1. The van der Waals surface area contributed by atoms with Gasteiger partial charge in [0.2, 0.25) is 0 Å². The van der Waals surface area contributed by atoms with Crippen LogP contribution >= 0.6 is 11.5 Å². The number of fused-ring (bicyclic) bond motifs is 1. The average Bonchev–Trinajstić information content (AvgIpc) is 3.18. The zero-order valence-corrected chi connectivity index (χ0v) is 15.9. The molecule has 0 saturated carbocycles. The normalized spacial score (nSPS) is 12.9. The lowest BCUT2D eigenvalue weighted by atomic mass is 10.0. The highest BCUT2D eigenvalue weighted by Gasteiger charge is 2.26. The third kappa shape index (κ3) is 3.56. The predicted octanol–water partition coefficient (Wildman–Crippen LogP) is 3.97. The van der Waals surface area contributed by atoms with Gasteiger partial charge >= 0.3 is 0 Å². The molecule has 0 spiro atoms. The minimum absolute atomic E-state index is 0.144. The van der Waals surface area contributed by atoms with E-state index in [0.717, 1.165) is 34.1 Å². The maximum atomic E-state index is 12.8. The lowest BCUT2D eigenvalue weighted by Gasteiger charge is -2.20. The fourth-order valence-corrected chi connectivity index (χ4v) is 3.50. The van der Waals surface area contributed by atoms with Crippen molar-refractivity contribution in [3.8, 4) is 0 Å². The van der Waals surface area contributed by atoms with Crippen LogP contribution in [0, 0.1) is 12.8 Å². The third-order valence-electron chi connectivity index (χ3n) is 4.17. The molecule has 0 aliphatic rings. The van der Waals surface area contributed by atoms with Gasteiger partial charge in [-0.05, 0) is 48.0 Å². The summed E-state index contributed by atoms with van der Waals surface area (Å²) in [4.78, 5) is 21.4. The molecule has 6 nitrogen and oxygen atoms in total. The summed E-state index contributed by atoms with van der Waals surface area (Å²) in [6.45, 7) is 10.2. The van der Waals surface area contributed by atoms with E-state index in [0.29, 0.717) is 4.88 Å². The Morgan fingerprint density at radius 1 is 1.24 bits per heavy atom. The maximum absolute atomic E-state index is 12.8. The van der Waals surface area contributed by atoms with Crippen LogP contribution in [0.4, 0.5) is 0 Å². The smallest absolute Gasteiger partial charge is 0.265 e. The maximum Gasteiger partial charge on any atom is 0.265 e. The molecule has 2 heterocycles. The molecule has 0 unspecified atom stereocenters. The number of carbonyl (C=O) groups excluding carboxylic acids is 1. The van der Waals surface area contributed by atoms with Crippen LogP contribution in [-0.4, -0.2) is 25.5 Å². The molecule has 0 radical (unpaired) electrons. The van der Waals surface area contributed by atoms with Crippen LogP contribution in [0.1, 0.15) is 66.4 Å². The summed E-state index contributed by atoms with van der Waals surface area (Å²) >= 11 is 1.14. The molecule has 0 aliphatic carbocycles. The van der Waals surface area contributed by atoms with Crippen LogP contribution in [0.15, 0.2) is 18.2 Å². The quantitative estimate of drug-likeness (QED) is 0.723. The summed E-state index contributed by atoms with van der Waals surface area (Å²) in [5, 5.41) is 7.19. The van der Waals surface area contributed by atoms with Gasteiger partial charge in [0.05, 0.1) is 22.8 Å². The summed E-state index contributed by atoms with van der Waals surface area (Å²) in [6, 6.07) is 5.89. The van der Waals surface area contributed by atoms with E-state index in [2.05, 4.69) is 44.8 Å². The van der Waals surface area contributed by atoms with Crippen molar-refractivity contribution < 1.29 is 4.79 Å². The topological polar surface area (TPSA) is 83.6 Å². The Balaban J connectivity index is 1.90. The summed E-state index contributed by atoms with van der Waals surface area (Å²) in [7, 11) is 0. The van der Waals surface area contributed by atoms with Crippen molar-refractivity contribution in [2.24, 2.45) is 5.92 Å². The zero-order chi connectivity index (χ0) is 18.1. The Morgan fingerprint density at radius 2 is 2.00 bits per heavy atom. The first-order chi connectivity index (χ1) is 11.9. The molecule has 1 atom stereocenters. The Hall–Kier alpha value is -2.28. The van der Waals surface area contributed by atoms with Crippen LogP contribution in [0.2, 0.25) is 0 Å². The lowest BCUT2D eigenvalue weighted by molar-refractivity contribution is 0.0926. The molecule has 0 aliphatic heterocycles. The first-order valence-corrected chi connectivity index (χ1v) is 9.23. The van der Waals surface area contributed by atoms with Gasteiger partial charge in [0, 0.05) is 0 Å². The molecule has 0 bridgehead atoms. The highest BCUT2D eigenvalue weighted by Crippen LogP contribution is 2.25. The minimum Gasteiger partial charge on any atom is -0.341 e. The molecule has 0 saturated heterocycles. The van der Waals surface area contributed by atoms with Crippen molar-refractivity contribution in [1.82, 2.24) is 24.9 Å². The van der Waals surface area contributed by atoms with Crippen molar-refractivity contribution in [2.75, 3.05) is 0 Å². The van der Waals surface area contributed by atoms with E-state index in [1.165, 1.54) is 5.56 Å². The summed E-state index contributed by atoms with van der Waals surface area (Å²) in [5.41, 5.74) is 3.80. The van der Waals surface area contributed by atoms with Crippen LogP contribution < -0.4 is 5.32 Å². The molecule has 7 heteroatoms. The van der Waals surface area contributed by atoms with Gasteiger partial charge in [0.1, 0.15) is 10.7 Å². The van der Waals surface area contributed by atoms with E-state index in [1.54, 1.807) is 0 Å². The number of nitrogens with one attached hydrogen (secondary N) is 2. The fraction of sp³-hybridized carbons (Fsp3) is 0.444. The second-order valence-corrected chi connectivity index (χ2v) is 7.73. The standard InChI is InChI=1S/C18H23N5OS/c1-9(2)14-16(25-23-22-14)18(24)21-15(10(3)4)17-19-12-7-6-11(5)8-13(12)20-17/h6-10,15H,1-5H3,(H,19,20)(H,21,24)/t15-/m1/s1. The average molecular weight is 357 g/mol. The van der Waals surface area contributed by atoms with Gasteiger partial charge in [-0.3, -0.25) is 4.79 Å². The molecular weight excluding hydrogens is 334 g/mol. The number of aryl methyl sites for hydroxylation is 1. The Bertz CT molecular complexity index is 896. The molecule has 1 amide bonds. The number of carbonyl (C=O) groups is 1. The zero-order valence-electron chi connectivity index (χ0n) is 15.1. The van der Waals surface area contributed by atoms with Crippen molar-refractivity contribution in [1.29, 1.82) is 0 Å². The number of H-pyrrole nitrogens is 1.